The van der Waals surface area contributed by atoms with Gasteiger partial charge in [0, 0.05) is 42.6 Å². The van der Waals surface area contributed by atoms with E-state index in [1.54, 1.807) is 11.0 Å². The van der Waals surface area contributed by atoms with Crippen molar-refractivity contribution in [2.24, 2.45) is 11.8 Å². The zero-order valence-electron chi connectivity index (χ0n) is 19.4. The molecule has 2 amide bonds. The second-order valence-electron chi connectivity index (χ2n) is 8.92. The molecule has 1 saturated heterocycles. The number of hydrogen-bond donors (Lipinski definition) is 1. The third-order valence-electron chi connectivity index (χ3n) is 6.01. The number of aryl methyl sites for hydroxylation is 1. The molecule has 0 radical (unpaired) electrons. The summed E-state index contributed by atoms with van der Waals surface area (Å²) in [5, 5.41) is 12.6. The standard InChI is InChI=1S/C26H32N4O2/c1-18(2)17-30-19(3)14-22(20(30)4)15-23(16-27)26(32)29-12-10-21(11-13-29)25(31)28-24-8-6-5-7-9-24/h5-9,14-15,18,21H,10-13,17H2,1-4H3,(H,28,31)/b23-15+. The number of likely N-dealkylation sites (tertiary alicyclic amines) is 1. The van der Waals surface area contributed by atoms with Crippen LogP contribution in [0.1, 0.15) is 43.6 Å². The fourth-order valence-corrected chi connectivity index (χ4v) is 4.20. The molecule has 1 fully saturated rings. The van der Waals surface area contributed by atoms with E-state index in [2.05, 4.69) is 29.8 Å². The molecule has 0 spiro atoms. The number of carbonyl (C=O) groups excluding carboxylic acids is 2. The van der Waals surface area contributed by atoms with E-state index in [9.17, 15) is 14.9 Å². The average molecular weight is 433 g/mol. The number of para-hydroxylation sites is 1. The number of hydrogen-bond acceptors (Lipinski definition) is 3. The van der Waals surface area contributed by atoms with Crippen LogP contribution in [0.4, 0.5) is 5.69 Å². The van der Waals surface area contributed by atoms with Crippen molar-refractivity contribution in [3.63, 3.8) is 0 Å². The molecule has 0 aliphatic carbocycles. The lowest BCUT2D eigenvalue weighted by Crippen LogP contribution is -2.41. The number of amides is 2. The van der Waals surface area contributed by atoms with Crippen LogP contribution < -0.4 is 5.32 Å². The highest BCUT2D eigenvalue weighted by atomic mass is 16.2. The predicted molar refractivity (Wildman–Crippen MR) is 127 cm³/mol. The first-order valence-corrected chi connectivity index (χ1v) is 11.2. The largest absolute Gasteiger partial charge is 0.348 e. The first-order chi connectivity index (χ1) is 15.3. The van der Waals surface area contributed by atoms with Crippen molar-refractivity contribution < 1.29 is 9.59 Å². The van der Waals surface area contributed by atoms with Gasteiger partial charge in [0.25, 0.3) is 5.91 Å². The molecule has 6 heteroatoms. The van der Waals surface area contributed by atoms with Crippen LogP contribution in [0.25, 0.3) is 6.08 Å². The Morgan fingerprint density at radius 3 is 2.44 bits per heavy atom. The second-order valence-corrected chi connectivity index (χ2v) is 8.92. The predicted octanol–water partition coefficient (Wildman–Crippen LogP) is 4.55. The van der Waals surface area contributed by atoms with Crippen LogP contribution in [0.2, 0.25) is 0 Å². The summed E-state index contributed by atoms with van der Waals surface area (Å²) in [5.41, 5.74) is 4.01. The van der Waals surface area contributed by atoms with Gasteiger partial charge in [-0.1, -0.05) is 32.0 Å². The minimum Gasteiger partial charge on any atom is -0.348 e. The molecule has 1 aliphatic heterocycles. The van der Waals surface area contributed by atoms with Gasteiger partial charge in [-0.2, -0.15) is 5.26 Å². The van der Waals surface area contributed by atoms with Crippen molar-refractivity contribution >= 4 is 23.6 Å². The Morgan fingerprint density at radius 1 is 1.19 bits per heavy atom. The third kappa shape index (κ3) is 5.47. The van der Waals surface area contributed by atoms with E-state index in [1.807, 2.05) is 50.2 Å². The summed E-state index contributed by atoms with van der Waals surface area (Å²) in [7, 11) is 0. The molecule has 6 nitrogen and oxygen atoms in total. The lowest BCUT2D eigenvalue weighted by atomic mass is 9.95. The Hall–Kier alpha value is -3.33. The summed E-state index contributed by atoms with van der Waals surface area (Å²) in [5.74, 6) is 0.0952. The van der Waals surface area contributed by atoms with E-state index in [-0.39, 0.29) is 23.3 Å². The van der Waals surface area contributed by atoms with Crippen LogP contribution in [0.5, 0.6) is 0 Å². The molecule has 1 N–H and O–H groups in total. The van der Waals surface area contributed by atoms with Gasteiger partial charge in [-0.15, -0.1) is 0 Å². The first-order valence-electron chi connectivity index (χ1n) is 11.2. The van der Waals surface area contributed by atoms with Gasteiger partial charge in [0.1, 0.15) is 11.6 Å². The van der Waals surface area contributed by atoms with E-state index in [0.29, 0.717) is 31.8 Å². The van der Waals surface area contributed by atoms with Crippen LogP contribution in [0.15, 0.2) is 42.0 Å². The molecule has 0 bridgehead atoms. The highest BCUT2D eigenvalue weighted by Crippen LogP contribution is 2.23. The lowest BCUT2D eigenvalue weighted by molar-refractivity contribution is -0.130. The summed E-state index contributed by atoms with van der Waals surface area (Å²) < 4.78 is 2.23. The van der Waals surface area contributed by atoms with Crippen molar-refractivity contribution in [2.75, 3.05) is 18.4 Å². The van der Waals surface area contributed by atoms with E-state index in [4.69, 9.17) is 0 Å². The molecular formula is C26H32N4O2. The number of rotatable bonds is 6. The molecular weight excluding hydrogens is 400 g/mol. The van der Waals surface area contributed by atoms with Crippen LogP contribution >= 0.6 is 0 Å². The molecule has 3 rings (SSSR count). The highest BCUT2D eigenvalue weighted by molar-refractivity contribution is 6.02. The summed E-state index contributed by atoms with van der Waals surface area (Å²) in [4.78, 5) is 27.2. The highest BCUT2D eigenvalue weighted by Gasteiger charge is 2.29. The van der Waals surface area contributed by atoms with Crippen LogP contribution in [-0.2, 0) is 16.1 Å². The van der Waals surface area contributed by atoms with Gasteiger partial charge in [0.15, 0.2) is 0 Å². The minimum atomic E-state index is -0.261. The second kappa shape index (κ2) is 10.3. The third-order valence-corrected chi connectivity index (χ3v) is 6.01. The lowest BCUT2D eigenvalue weighted by Gasteiger charge is -2.31. The van der Waals surface area contributed by atoms with Crippen LogP contribution in [-0.4, -0.2) is 34.4 Å². The van der Waals surface area contributed by atoms with Crippen LogP contribution in [0, 0.1) is 37.0 Å². The molecule has 0 unspecified atom stereocenters. The molecule has 0 atom stereocenters. The molecule has 2 aromatic rings. The van der Waals surface area contributed by atoms with Gasteiger partial charge in [0.2, 0.25) is 5.91 Å². The SMILES string of the molecule is Cc1cc(/C=C(\C#N)C(=O)N2CCC(C(=O)Nc3ccccc3)CC2)c(C)n1CC(C)C. The van der Waals surface area contributed by atoms with Gasteiger partial charge in [-0.3, -0.25) is 9.59 Å². The number of anilines is 1. The smallest absolute Gasteiger partial charge is 0.264 e. The number of nitrogens with one attached hydrogen (secondary N) is 1. The summed E-state index contributed by atoms with van der Waals surface area (Å²) in [6, 6.07) is 13.5. The number of nitrogens with zero attached hydrogens (tertiary/aromatic N) is 3. The molecule has 1 aromatic heterocycles. The van der Waals surface area contributed by atoms with E-state index in [0.717, 1.165) is 29.2 Å². The summed E-state index contributed by atoms with van der Waals surface area (Å²) >= 11 is 0. The maximum Gasteiger partial charge on any atom is 0.264 e. The minimum absolute atomic E-state index is 0.0167. The molecule has 1 aliphatic rings. The van der Waals surface area contributed by atoms with Gasteiger partial charge >= 0.3 is 0 Å². The van der Waals surface area contributed by atoms with Gasteiger partial charge < -0.3 is 14.8 Å². The van der Waals surface area contributed by atoms with E-state index < -0.39 is 0 Å². The Morgan fingerprint density at radius 2 is 1.84 bits per heavy atom. The first kappa shape index (κ1) is 23.3. The summed E-state index contributed by atoms with van der Waals surface area (Å²) in [6.07, 6.45) is 2.88. The van der Waals surface area contributed by atoms with Gasteiger partial charge in [0.05, 0.1) is 0 Å². The Labute approximate surface area is 190 Å². The zero-order valence-corrected chi connectivity index (χ0v) is 19.4. The molecule has 32 heavy (non-hydrogen) atoms. The maximum absolute atomic E-state index is 13.0. The van der Waals surface area contributed by atoms with Crippen molar-refractivity contribution in [3.05, 3.63) is 58.9 Å². The number of carbonyl (C=O) groups is 2. The topological polar surface area (TPSA) is 78.1 Å². The van der Waals surface area contributed by atoms with Gasteiger partial charge in [-0.25, -0.2) is 0 Å². The summed E-state index contributed by atoms with van der Waals surface area (Å²) in [6.45, 7) is 10.3. The molecule has 0 saturated carbocycles. The van der Waals surface area contributed by atoms with Crippen molar-refractivity contribution in [3.8, 4) is 6.07 Å². The molecule has 2 heterocycles. The normalized spacial score (nSPS) is 15.0. The average Bonchev–Trinajstić information content (AvgIpc) is 3.04. The number of nitriles is 1. The van der Waals surface area contributed by atoms with E-state index in [1.165, 1.54) is 0 Å². The van der Waals surface area contributed by atoms with Gasteiger partial charge in [-0.05, 0) is 62.4 Å². The number of aromatic nitrogens is 1. The van der Waals surface area contributed by atoms with Crippen molar-refractivity contribution in [2.45, 2.75) is 47.1 Å². The van der Waals surface area contributed by atoms with E-state index >= 15 is 0 Å². The van der Waals surface area contributed by atoms with Crippen molar-refractivity contribution in [1.29, 1.82) is 5.26 Å². The molecule has 1 aromatic carbocycles. The Kier molecular flexibility index (Phi) is 7.53. The van der Waals surface area contributed by atoms with Crippen molar-refractivity contribution in [1.82, 2.24) is 9.47 Å². The number of benzene rings is 1. The zero-order chi connectivity index (χ0) is 23.3. The Balaban J connectivity index is 1.65. The fourth-order valence-electron chi connectivity index (χ4n) is 4.20. The van der Waals surface area contributed by atoms with Crippen LogP contribution in [0.3, 0.4) is 0 Å². The quantitative estimate of drug-likeness (QED) is 0.537. The molecule has 168 valence electrons. The number of piperidine rings is 1. The maximum atomic E-state index is 13.0. The monoisotopic (exact) mass is 432 g/mol. The Bertz CT molecular complexity index is 1040. The fraction of sp³-hybridized carbons (Fsp3) is 0.423.